The van der Waals surface area contributed by atoms with Gasteiger partial charge in [0.2, 0.25) is 11.8 Å². The molecule has 3 rings (SSSR count). The zero-order valence-corrected chi connectivity index (χ0v) is 16.4. The van der Waals surface area contributed by atoms with Gasteiger partial charge in [-0.25, -0.2) is 0 Å². The van der Waals surface area contributed by atoms with Gasteiger partial charge in [0.15, 0.2) is 0 Å². The van der Waals surface area contributed by atoms with Gasteiger partial charge >= 0.3 is 0 Å². The highest BCUT2D eigenvalue weighted by Gasteiger charge is 2.29. The van der Waals surface area contributed by atoms with Crippen molar-refractivity contribution >= 4 is 11.8 Å². The van der Waals surface area contributed by atoms with Crippen molar-refractivity contribution in [3.8, 4) is 5.75 Å². The lowest BCUT2D eigenvalue weighted by atomic mass is 10.0. The Bertz CT molecular complexity index is 784. The molecule has 28 heavy (non-hydrogen) atoms. The largest absolute Gasteiger partial charge is 0.497 e. The Hall–Kier alpha value is -2.86. The summed E-state index contributed by atoms with van der Waals surface area (Å²) in [5.74, 6) is 0.514. The molecule has 148 valence electrons. The Morgan fingerprint density at radius 2 is 1.64 bits per heavy atom. The van der Waals surface area contributed by atoms with Crippen LogP contribution in [0.4, 0.5) is 0 Å². The maximum absolute atomic E-state index is 13.2. The second kappa shape index (κ2) is 9.37. The highest BCUT2D eigenvalue weighted by Crippen LogP contribution is 2.18. The van der Waals surface area contributed by atoms with E-state index in [0.29, 0.717) is 13.1 Å². The molecule has 1 atom stereocenters. The lowest BCUT2D eigenvalue weighted by molar-refractivity contribution is -0.137. The lowest BCUT2D eigenvalue weighted by Gasteiger charge is -2.35. The molecule has 1 aliphatic heterocycles. The molecule has 1 fully saturated rings. The normalized spacial score (nSPS) is 15.7. The third-order valence-electron chi connectivity index (χ3n) is 5.02. The molecule has 1 N–H and O–H groups in total. The van der Waals surface area contributed by atoms with Gasteiger partial charge in [-0.1, -0.05) is 42.5 Å². The maximum Gasteiger partial charge on any atom is 0.249 e. The van der Waals surface area contributed by atoms with E-state index in [1.165, 1.54) is 0 Å². The summed E-state index contributed by atoms with van der Waals surface area (Å²) in [6.45, 7) is 3.03. The molecule has 1 heterocycles. The average molecular weight is 381 g/mol. The Balaban J connectivity index is 1.71. The van der Waals surface area contributed by atoms with E-state index < -0.39 is 6.04 Å². The van der Waals surface area contributed by atoms with E-state index in [-0.39, 0.29) is 18.2 Å². The first-order valence-electron chi connectivity index (χ1n) is 9.51. The number of nitrogens with one attached hydrogen (secondary N) is 1. The minimum atomic E-state index is -0.671. The minimum absolute atomic E-state index is 0.0534. The molecule has 2 aromatic carbocycles. The van der Waals surface area contributed by atoms with Gasteiger partial charge in [0.05, 0.1) is 13.5 Å². The highest BCUT2D eigenvalue weighted by molar-refractivity contribution is 5.89. The van der Waals surface area contributed by atoms with Gasteiger partial charge in [0.25, 0.3) is 0 Å². The molecule has 0 spiro atoms. The molecule has 0 unspecified atom stereocenters. The smallest absolute Gasteiger partial charge is 0.249 e. The summed E-state index contributed by atoms with van der Waals surface area (Å²) in [4.78, 5) is 29.9. The Morgan fingerprint density at radius 1 is 1.00 bits per heavy atom. The van der Waals surface area contributed by atoms with E-state index in [1.807, 2.05) is 66.5 Å². The summed E-state index contributed by atoms with van der Waals surface area (Å²) in [7, 11) is 3.66. The van der Waals surface area contributed by atoms with Gasteiger partial charge in [-0.2, -0.15) is 0 Å². The summed E-state index contributed by atoms with van der Waals surface area (Å²) in [5, 5.41) is 2.94. The van der Waals surface area contributed by atoms with Gasteiger partial charge in [0, 0.05) is 26.2 Å². The first-order chi connectivity index (χ1) is 13.6. The van der Waals surface area contributed by atoms with Gasteiger partial charge in [-0.3, -0.25) is 9.59 Å². The van der Waals surface area contributed by atoms with Crippen LogP contribution in [0.5, 0.6) is 5.75 Å². The molecule has 0 saturated carbocycles. The molecule has 0 radical (unpaired) electrons. The van der Waals surface area contributed by atoms with E-state index in [0.717, 1.165) is 30.0 Å². The van der Waals surface area contributed by atoms with Gasteiger partial charge in [-0.05, 0) is 30.3 Å². The molecule has 6 heteroatoms. The van der Waals surface area contributed by atoms with Gasteiger partial charge in [0.1, 0.15) is 11.8 Å². The van der Waals surface area contributed by atoms with E-state index >= 15 is 0 Å². The monoisotopic (exact) mass is 381 g/mol. The first kappa shape index (κ1) is 19.9. The zero-order chi connectivity index (χ0) is 19.9. The van der Waals surface area contributed by atoms with Crippen LogP contribution >= 0.6 is 0 Å². The Morgan fingerprint density at radius 3 is 2.25 bits per heavy atom. The van der Waals surface area contributed by atoms with Gasteiger partial charge < -0.3 is 19.9 Å². The van der Waals surface area contributed by atoms with Crippen molar-refractivity contribution < 1.29 is 14.3 Å². The van der Waals surface area contributed by atoms with E-state index in [2.05, 4.69) is 10.2 Å². The molecule has 1 aliphatic rings. The van der Waals surface area contributed by atoms with E-state index in [1.54, 1.807) is 7.11 Å². The molecule has 0 bridgehead atoms. The number of rotatable bonds is 6. The number of nitrogens with zero attached hydrogens (tertiary/aromatic N) is 2. The third kappa shape index (κ3) is 5.10. The highest BCUT2D eigenvalue weighted by atomic mass is 16.5. The topological polar surface area (TPSA) is 61.9 Å². The van der Waals surface area contributed by atoms with Crippen LogP contribution in [0.2, 0.25) is 0 Å². The number of piperazine rings is 1. The number of hydrogen-bond donors (Lipinski definition) is 1. The Labute approximate surface area is 166 Å². The number of carbonyl (C=O) groups is 2. The SMILES string of the molecule is COc1ccc(CC(=O)N[C@H](C(=O)N2CCN(C)CC2)c2ccccc2)cc1. The summed E-state index contributed by atoms with van der Waals surface area (Å²) in [5.41, 5.74) is 1.67. The van der Waals surface area contributed by atoms with E-state index in [4.69, 9.17) is 4.74 Å². The van der Waals surface area contributed by atoms with Crippen molar-refractivity contribution in [1.29, 1.82) is 0 Å². The third-order valence-corrected chi connectivity index (χ3v) is 5.02. The zero-order valence-electron chi connectivity index (χ0n) is 16.4. The maximum atomic E-state index is 13.2. The number of benzene rings is 2. The van der Waals surface area contributed by atoms with Crippen LogP contribution in [0.3, 0.4) is 0 Å². The summed E-state index contributed by atoms with van der Waals surface area (Å²) in [6, 6.07) is 16.1. The van der Waals surface area contributed by atoms with Crippen LogP contribution in [-0.2, 0) is 16.0 Å². The second-order valence-electron chi connectivity index (χ2n) is 7.06. The first-order valence-corrected chi connectivity index (χ1v) is 9.51. The number of carbonyl (C=O) groups excluding carboxylic acids is 2. The molecule has 0 aromatic heterocycles. The number of methoxy groups -OCH3 is 1. The summed E-state index contributed by atoms with van der Waals surface area (Å²) < 4.78 is 5.15. The number of amides is 2. The van der Waals surface area contributed by atoms with Crippen LogP contribution in [-0.4, -0.2) is 62.0 Å². The van der Waals surface area contributed by atoms with Crippen LogP contribution < -0.4 is 10.1 Å². The quantitative estimate of drug-likeness (QED) is 0.830. The van der Waals surface area contributed by atoms with Crippen molar-refractivity contribution in [2.45, 2.75) is 12.5 Å². The fourth-order valence-corrected chi connectivity index (χ4v) is 3.28. The summed E-state index contributed by atoms with van der Waals surface area (Å²) >= 11 is 0. The molecule has 2 amide bonds. The standard InChI is InChI=1S/C22H27N3O3/c1-24-12-14-25(15-13-24)22(27)21(18-6-4-3-5-7-18)23-20(26)16-17-8-10-19(28-2)11-9-17/h3-11,21H,12-16H2,1-2H3,(H,23,26)/t21-/m0/s1. The van der Waals surface area contributed by atoms with Crippen molar-refractivity contribution in [3.05, 3.63) is 65.7 Å². The fraction of sp³-hybridized carbons (Fsp3) is 0.364. The molecule has 6 nitrogen and oxygen atoms in total. The van der Waals surface area contributed by atoms with Crippen LogP contribution in [0, 0.1) is 0 Å². The van der Waals surface area contributed by atoms with E-state index in [9.17, 15) is 9.59 Å². The lowest BCUT2D eigenvalue weighted by Crippen LogP contribution is -2.51. The second-order valence-corrected chi connectivity index (χ2v) is 7.06. The molecule has 2 aromatic rings. The van der Waals surface area contributed by atoms with Crippen molar-refractivity contribution in [2.24, 2.45) is 0 Å². The summed E-state index contributed by atoms with van der Waals surface area (Å²) in [6.07, 6.45) is 0.212. The molecule has 0 aliphatic carbocycles. The molecular formula is C22H27N3O3. The Kier molecular flexibility index (Phi) is 6.66. The molecule has 1 saturated heterocycles. The minimum Gasteiger partial charge on any atom is -0.497 e. The predicted octanol–water partition coefficient (Wildman–Crippen LogP) is 1.87. The van der Waals surface area contributed by atoms with Crippen LogP contribution in [0.25, 0.3) is 0 Å². The predicted molar refractivity (Wildman–Crippen MR) is 108 cm³/mol. The average Bonchev–Trinajstić information content (AvgIpc) is 2.73. The van der Waals surface area contributed by atoms with Crippen LogP contribution in [0.1, 0.15) is 17.2 Å². The number of likely N-dealkylation sites (N-methyl/N-ethyl adjacent to an activating group) is 1. The molecular weight excluding hydrogens is 354 g/mol. The number of hydrogen-bond acceptors (Lipinski definition) is 4. The fourth-order valence-electron chi connectivity index (χ4n) is 3.28. The van der Waals surface area contributed by atoms with Crippen molar-refractivity contribution in [2.75, 3.05) is 40.3 Å². The number of ether oxygens (including phenoxy) is 1. The van der Waals surface area contributed by atoms with Crippen molar-refractivity contribution in [1.82, 2.24) is 15.1 Å². The van der Waals surface area contributed by atoms with Crippen LogP contribution in [0.15, 0.2) is 54.6 Å². The van der Waals surface area contributed by atoms with Gasteiger partial charge in [-0.15, -0.1) is 0 Å². The van der Waals surface area contributed by atoms with Crippen molar-refractivity contribution in [3.63, 3.8) is 0 Å².